The van der Waals surface area contributed by atoms with Crippen LogP contribution in [0.3, 0.4) is 0 Å². The Morgan fingerprint density at radius 3 is 1.07 bits per heavy atom. The van der Waals surface area contributed by atoms with Gasteiger partial charge < -0.3 is 0 Å². The first kappa shape index (κ1) is 76.1. The Labute approximate surface area is 656 Å². The van der Waals surface area contributed by atoms with Gasteiger partial charge in [-0.2, -0.15) is 15.3 Å². The van der Waals surface area contributed by atoms with Gasteiger partial charge in [0.25, 0.3) is 0 Å². The van der Waals surface area contributed by atoms with E-state index in [0.717, 1.165) is 67.2 Å². The smallest absolute Gasteiger partial charge is 0.198 e. The summed E-state index contributed by atoms with van der Waals surface area (Å²) in [6, 6.07) is 43.5. The van der Waals surface area contributed by atoms with Gasteiger partial charge in [0, 0.05) is 37.2 Å². The highest BCUT2D eigenvalue weighted by Crippen LogP contribution is 2.55. The van der Waals surface area contributed by atoms with Crippen LogP contribution in [-0.2, 0) is 48.8 Å². The molecule has 6 aliphatic rings. The number of hydrogen-bond donors (Lipinski definition) is 0. The molecule has 0 unspecified atom stereocenters. The summed E-state index contributed by atoms with van der Waals surface area (Å²) in [4.78, 5) is 68.1. The summed E-state index contributed by atoms with van der Waals surface area (Å²) < 4.78 is 128. The lowest BCUT2D eigenvalue weighted by atomic mass is 9.61. The fourth-order valence-corrected chi connectivity index (χ4v) is 22.4. The number of aromatic nitrogens is 12. The summed E-state index contributed by atoms with van der Waals surface area (Å²) >= 11 is 0. The third-order valence-electron chi connectivity index (χ3n) is 22.9. The van der Waals surface area contributed by atoms with Crippen molar-refractivity contribution in [2.75, 3.05) is 0 Å². The van der Waals surface area contributed by atoms with Crippen molar-refractivity contribution in [1.29, 1.82) is 0 Å². The van der Waals surface area contributed by atoms with Crippen LogP contribution >= 0.6 is 0 Å². The monoisotopic (exact) mass is 1580 g/mol. The molecule has 6 aliphatic carbocycles. The Hall–Kier alpha value is -11.9. The lowest BCUT2D eigenvalue weighted by molar-refractivity contribution is 0.0790. The van der Waals surface area contributed by atoms with Crippen LogP contribution in [0.4, 0.5) is 13.2 Å². The molecule has 114 heavy (non-hydrogen) atoms. The molecule has 6 atom stereocenters. The number of aryl methyl sites for hydroxylation is 3. The molecule has 9 heterocycles. The number of rotatable bonds is 15. The minimum absolute atomic E-state index is 0.0223. The number of sulfone groups is 3. The number of carbonyl (C=O) groups excluding carboxylic acids is 3. The summed E-state index contributed by atoms with van der Waals surface area (Å²) in [6.45, 7) is 5.63. The fourth-order valence-electron chi connectivity index (χ4n) is 17.1. The number of hydrogen-bond acceptors (Lipinski definition) is 18. The number of benzene rings is 3. The number of ketones is 3. The topological polar surface area (TPSA) is 284 Å². The van der Waals surface area contributed by atoms with Gasteiger partial charge in [0.05, 0.1) is 84.7 Å². The standard InChI is InChI=1S/3C29H25FN4O3S/c1-19-5-12-25(32-17-19)28(35)29-15-20-18-33-34(23-9-7-22(30)8-10-23)26(20)14-21(29)6-11-24(16-29)38(36,37)27-4-2-3-13-31-27;1-19-11-13-31-25(14-19)28(35)29-16-20-18-33-34(23-8-6-22(30)7-9-23)26(20)15-21(29)5-10-24(17-29)38(36,37)27-4-2-3-12-32-27;1-19-11-13-32-27(14-19)38(36,37)24-10-5-21-15-26-20(18-33-34(26)23-8-6-22(30)7-9-23)16-29(21,17-24)28(35)25-4-2-3-12-31-25/h2-5,7-10,12-14,17-18,24H,6,11,15-16H2,1H3;2*2-4,6-9,11-15,18,24H,5,10,16-17H2,1H3/t3*24-,29-/m000/s1. The molecule has 576 valence electrons. The zero-order valence-corrected chi connectivity index (χ0v) is 64.6. The predicted octanol–water partition coefficient (Wildman–Crippen LogP) is 14.8. The van der Waals surface area contributed by atoms with Crippen molar-refractivity contribution < 1.29 is 52.8 Å². The first-order chi connectivity index (χ1) is 54.8. The van der Waals surface area contributed by atoms with E-state index in [1.807, 2.05) is 51.1 Å². The minimum atomic E-state index is -3.78. The van der Waals surface area contributed by atoms with Crippen molar-refractivity contribution >= 4 is 65.1 Å². The van der Waals surface area contributed by atoms with Crippen molar-refractivity contribution in [2.45, 2.75) is 129 Å². The molecule has 27 heteroatoms. The zero-order valence-electron chi connectivity index (χ0n) is 62.1. The predicted molar refractivity (Wildman–Crippen MR) is 420 cm³/mol. The first-order valence-electron chi connectivity index (χ1n) is 37.3. The Bertz CT molecular complexity index is 6230. The molecule has 0 N–H and O–H groups in total. The molecule has 21 nitrogen and oxygen atoms in total. The van der Waals surface area contributed by atoms with Crippen molar-refractivity contribution in [1.82, 2.24) is 59.2 Å². The van der Waals surface area contributed by atoms with Crippen LogP contribution in [0.25, 0.3) is 35.3 Å². The third kappa shape index (κ3) is 14.1. The van der Waals surface area contributed by atoms with Gasteiger partial charge in [-0.25, -0.2) is 67.4 Å². The van der Waals surface area contributed by atoms with E-state index in [9.17, 15) is 52.8 Å². The van der Waals surface area contributed by atoms with E-state index in [1.165, 1.54) is 67.1 Å². The van der Waals surface area contributed by atoms with E-state index >= 15 is 0 Å². The average molecular weight is 1590 g/mol. The van der Waals surface area contributed by atoms with Gasteiger partial charge >= 0.3 is 0 Å². The number of carbonyl (C=O) groups is 3. The molecule has 0 radical (unpaired) electrons. The molecule has 18 rings (SSSR count). The lowest BCUT2D eigenvalue weighted by Crippen LogP contribution is -2.46. The summed E-state index contributed by atoms with van der Waals surface area (Å²) in [5.41, 5.74) is 10.0. The second-order valence-corrected chi connectivity index (χ2v) is 36.5. The van der Waals surface area contributed by atoms with Crippen LogP contribution in [0.15, 0.2) is 251 Å². The van der Waals surface area contributed by atoms with Crippen LogP contribution < -0.4 is 0 Å². The second-order valence-electron chi connectivity index (χ2n) is 30.0. The summed E-state index contributed by atoms with van der Waals surface area (Å²) in [5.74, 6) is -1.58. The largest absolute Gasteiger partial charge is 0.291 e. The molecule has 9 aromatic heterocycles. The Kier molecular flexibility index (Phi) is 20.1. The molecule has 0 aliphatic heterocycles. The van der Waals surface area contributed by atoms with E-state index in [1.54, 1.807) is 154 Å². The van der Waals surface area contributed by atoms with Gasteiger partial charge in [-0.1, -0.05) is 41.0 Å². The van der Waals surface area contributed by atoms with Gasteiger partial charge in [-0.15, -0.1) is 0 Å². The van der Waals surface area contributed by atoms with Crippen LogP contribution in [0.2, 0.25) is 0 Å². The van der Waals surface area contributed by atoms with E-state index < -0.39 is 61.5 Å². The van der Waals surface area contributed by atoms with E-state index in [2.05, 4.69) is 45.2 Å². The second kappa shape index (κ2) is 30.2. The highest BCUT2D eigenvalue weighted by atomic mass is 32.2. The highest BCUT2D eigenvalue weighted by molar-refractivity contribution is 7.92. The SMILES string of the molecule is Cc1ccc(C(=O)[C@]23Cc4cnn(-c5ccc(F)cc5)c4C=C2CC[C@H](S(=O)(=O)c2ccccn2)C3)nc1.Cc1ccnc(C(=O)[C@]23Cc4cnn(-c5ccc(F)cc5)c4C=C2CC[C@H](S(=O)(=O)c2ccccn2)C3)c1.Cc1ccnc(S(=O)(=O)[C@H]2CCC3=Cc4c(cnn4-c4ccc(F)cc4)C[C@]3(C(=O)c3ccccn3)C2)c1. The molecule has 3 saturated carbocycles. The number of Topliss-reactive ketones (excluding diaryl/α,β-unsaturated/α-hetero) is 3. The molecule has 0 amide bonds. The van der Waals surface area contributed by atoms with Crippen molar-refractivity contribution in [2.24, 2.45) is 16.2 Å². The van der Waals surface area contributed by atoms with Gasteiger partial charge in [0.2, 0.25) is 0 Å². The Balaban J connectivity index is 0.000000129. The van der Waals surface area contributed by atoms with Crippen molar-refractivity contribution in [3.8, 4) is 17.1 Å². The number of nitrogens with zero attached hydrogens (tertiary/aromatic N) is 12. The number of allylic oxidation sites excluding steroid dienone is 3. The molecular weight excluding hydrogens is 1510 g/mol. The lowest BCUT2D eigenvalue weighted by Gasteiger charge is -2.43. The summed E-state index contributed by atoms with van der Waals surface area (Å²) in [7, 11) is -11.3. The third-order valence-corrected chi connectivity index (χ3v) is 29.2. The first-order valence-corrected chi connectivity index (χ1v) is 42.0. The van der Waals surface area contributed by atoms with E-state index in [4.69, 9.17) is 0 Å². The summed E-state index contributed by atoms with van der Waals surface area (Å²) in [5, 5.41) is 11.4. The quantitative estimate of drug-likeness (QED) is 0.0862. The number of pyridine rings is 6. The van der Waals surface area contributed by atoms with E-state index in [0.29, 0.717) is 91.9 Å². The molecule has 3 aromatic carbocycles. The van der Waals surface area contributed by atoms with Crippen molar-refractivity contribution in [3.63, 3.8) is 0 Å². The zero-order chi connectivity index (χ0) is 79.5. The van der Waals surface area contributed by atoms with Gasteiger partial charge in [-0.05, 0) is 289 Å². The van der Waals surface area contributed by atoms with E-state index in [-0.39, 0.29) is 69.1 Å². The molecular formula is C87H75F3N12O9S3. The maximum absolute atomic E-state index is 14.3. The Morgan fingerprint density at radius 2 is 0.711 bits per heavy atom. The number of halogens is 3. The molecule has 3 fully saturated rings. The molecule has 0 saturated heterocycles. The van der Waals surface area contributed by atoms with Crippen LogP contribution in [0, 0.1) is 54.5 Å². The fraction of sp³-hybridized carbons (Fsp3) is 0.241. The normalized spacial score (nSPS) is 20.8. The maximum atomic E-state index is 14.3. The minimum Gasteiger partial charge on any atom is -0.291 e. The van der Waals surface area contributed by atoms with Gasteiger partial charge in [0.15, 0.2) is 61.9 Å². The van der Waals surface area contributed by atoms with Gasteiger partial charge in [0.1, 0.15) is 34.5 Å². The average Bonchev–Trinajstić information content (AvgIpc) is 0.821. The van der Waals surface area contributed by atoms with Crippen LogP contribution in [0.1, 0.15) is 140 Å². The molecule has 0 spiro atoms. The highest BCUT2D eigenvalue weighted by Gasteiger charge is 2.56. The van der Waals surface area contributed by atoms with Crippen LogP contribution in [-0.4, -0.2) is 118 Å². The summed E-state index contributed by atoms with van der Waals surface area (Å²) in [6.07, 6.45) is 24.0. The maximum Gasteiger partial charge on any atom is 0.198 e. The van der Waals surface area contributed by atoms with Crippen molar-refractivity contribution in [3.05, 3.63) is 321 Å². The Morgan fingerprint density at radius 1 is 0.360 bits per heavy atom. The van der Waals surface area contributed by atoms with Gasteiger partial charge in [-0.3, -0.25) is 29.3 Å². The number of fused-ring (bicyclic) bond motifs is 6. The van der Waals surface area contributed by atoms with Crippen LogP contribution in [0.5, 0.6) is 0 Å². The molecule has 0 bridgehead atoms. The molecule has 12 aromatic rings.